The summed E-state index contributed by atoms with van der Waals surface area (Å²) in [6, 6.07) is 10.4. The molecule has 0 fully saturated rings. The molecule has 0 bridgehead atoms. The minimum Gasteiger partial charge on any atom is -0.352 e. The van der Waals surface area contributed by atoms with Crippen molar-refractivity contribution in [2.24, 2.45) is 0 Å². The van der Waals surface area contributed by atoms with Gasteiger partial charge < -0.3 is 10.2 Å². The Balaban J connectivity index is 2.47. The van der Waals surface area contributed by atoms with Crippen LogP contribution in [-0.2, 0) is 26.2 Å². The van der Waals surface area contributed by atoms with Crippen LogP contribution >= 0.6 is 34.8 Å². The van der Waals surface area contributed by atoms with E-state index in [2.05, 4.69) is 5.32 Å². The lowest BCUT2D eigenvalue weighted by Crippen LogP contribution is -2.53. The van der Waals surface area contributed by atoms with Gasteiger partial charge in [-0.3, -0.25) is 13.9 Å². The number of benzene rings is 2. The Bertz CT molecular complexity index is 1160. The molecule has 0 spiro atoms. The van der Waals surface area contributed by atoms with Crippen molar-refractivity contribution >= 4 is 62.3 Å². The number of sulfonamides is 1. The van der Waals surface area contributed by atoms with Crippen LogP contribution in [-0.4, -0.2) is 50.0 Å². The van der Waals surface area contributed by atoms with Crippen molar-refractivity contribution < 1.29 is 18.0 Å². The Labute approximate surface area is 222 Å². The van der Waals surface area contributed by atoms with Crippen molar-refractivity contribution in [1.82, 2.24) is 10.2 Å². The molecule has 0 radical (unpaired) electrons. The summed E-state index contributed by atoms with van der Waals surface area (Å²) in [4.78, 5) is 28.1. The first-order valence-electron chi connectivity index (χ1n) is 11.1. The average molecular weight is 563 g/mol. The normalized spacial score (nSPS) is 13.1. The minimum atomic E-state index is -3.88. The van der Waals surface area contributed by atoms with Crippen LogP contribution in [0.1, 0.15) is 39.2 Å². The fraction of sp³-hybridized carbons (Fsp3) is 0.417. The van der Waals surface area contributed by atoms with Gasteiger partial charge in [0.25, 0.3) is 0 Å². The van der Waals surface area contributed by atoms with E-state index in [4.69, 9.17) is 34.8 Å². The second-order valence-corrected chi connectivity index (χ2v) is 11.4. The first kappa shape index (κ1) is 29.2. The van der Waals surface area contributed by atoms with E-state index < -0.39 is 28.5 Å². The van der Waals surface area contributed by atoms with Crippen molar-refractivity contribution in [2.75, 3.05) is 17.1 Å². The number of anilines is 1. The maximum Gasteiger partial charge on any atom is 0.244 e. The molecule has 0 aliphatic carbocycles. The third-order valence-corrected chi connectivity index (χ3v) is 7.80. The van der Waals surface area contributed by atoms with Gasteiger partial charge in [-0.25, -0.2) is 8.42 Å². The lowest BCUT2D eigenvalue weighted by Gasteiger charge is -2.33. The molecule has 192 valence electrons. The van der Waals surface area contributed by atoms with Crippen molar-refractivity contribution in [3.8, 4) is 0 Å². The van der Waals surface area contributed by atoms with Crippen molar-refractivity contribution in [3.63, 3.8) is 0 Å². The zero-order chi connectivity index (χ0) is 26.3. The third kappa shape index (κ3) is 8.00. The zero-order valence-electron chi connectivity index (χ0n) is 20.1. The van der Waals surface area contributed by atoms with Crippen LogP contribution in [0, 0.1) is 0 Å². The molecule has 0 aliphatic rings. The maximum atomic E-state index is 13.6. The predicted molar refractivity (Wildman–Crippen MR) is 143 cm³/mol. The van der Waals surface area contributed by atoms with Crippen LogP contribution in [0.15, 0.2) is 42.5 Å². The molecule has 11 heteroatoms. The Hall–Kier alpha value is -2.00. The molecule has 0 saturated carbocycles. The number of amides is 2. The predicted octanol–water partition coefficient (Wildman–Crippen LogP) is 5.13. The van der Waals surface area contributed by atoms with Gasteiger partial charge in [-0.15, -0.1) is 0 Å². The molecule has 0 aliphatic heterocycles. The van der Waals surface area contributed by atoms with E-state index in [0.29, 0.717) is 17.0 Å². The van der Waals surface area contributed by atoms with E-state index in [1.165, 1.54) is 23.1 Å². The van der Waals surface area contributed by atoms with Gasteiger partial charge in [0, 0.05) is 17.6 Å². The third-order valence-electron chi connectivity index (χ3n) is 5.56. The molecule has 0 aromatic heterocycles. The highest BCUT2D eigenvalue weighted by atomic mass is 35.5. The lowest BCUT2D eigenvalue weighted by atomic mass is 10.1. The number of nitrogens with one attached hydrogen (secondary N) is 1. The van der Waals surface area contributed by atoms with Gasteiger partial charge in [0.05, 0.1) is 22.0 Å². The Kier molecular flexibility index (Phi) is 10.7. The van der Waals surface area contributed by atoms with Gasteiger partial charge in [-0.2, -0.15) is 0 Å². The van der Waals surface area contributed by atoms with Crippen LogP contribution in [0.3, 0.4) is 0 Å². The molecule has 0 heterocycles. The van der Waals surface area contributed by atoms with Gasteiger partial charge in [-0.1, -0.05) is 66.8 Å². The van der Waals surface area contributed by atoms with Crippen LogP contribution in [0.4, 0.5) is 5.69 Å². The number of hydrogen-bond acceptors (Lipinski definition) is 4. The molecule has 2 rings (SSSR count). The number of halogens is 3. The molecular weight excluding hydrogens is 533 g/mol. The molecule has 2 aromatic carbocycles. The molecular formula is C24H30Cl3N3O4S. The summed E-state index contributed by atoms with van der Waals surface area (Å²) in [5.74, 6) is -0.879. The van der Waals surface area contributed by atoms with Gasteiger partial charge in [0.2, 0.25) is 21.8 Å². The summed E-state index contributed by atoms with van der Waals surface area (Å²) in [6.45, 7) is 5.11. The minimum absolute atomic E-state index is 0.0317. The largest absolute Gasteiger partial charge is 0.352 e. The smallest absolute Gasteiger partial charge is 0.244 e. The summed E-state index contributed by atoms with van der Waals surface area (Å²) in [7, 11) is -3.88. The van der Waals surface area contributed by atoms with Gasteiger partial charge in [0.1, 0.15) is 12.6 Å². The van der Waals surface area contributed by atoms with Gasteiger partial charge in [0.15, 0.2) is 0 Å². The Morgan fingerprint density at radius 1 is 0.971 bits per heavy atom. The summed E-state index contributed by atoms with van der Waals surface area (Å²) in [5, 5.41) is 3.76. The summed E-state index contributed by atoms with van der Waals surface area (Å²) < 4.78 is 26.2. The Morgan fingerprint density at radius 3 is 2.17 bits per heavy atom. The van der Waals surface area contributed by atoms with E-state index in [9.17, 15) is 18.0 Å². The van der Waals surface area contributed by atoms with E-state index in [-0.39, 0.29) is 34.2 Å². The molecule has 2 atom stereocenters. The number of nitrogens with zero attached hydrogens (tertiary/aromatic N) is 2. The van der Waals surface area contributed by atoms with Gasteiger partial charge >= 0.3 is 0 Å². The second-order valence-electron chi connectivity index (χ2n) is 8.22. The van der Waals surface area contributed by atoms with Crippen LogP contribution in [0.25, 0.3) is 0 Å². The standard InChI is InChI=1S/C24H30Cl3N3O4S/c1-5-16(3)28-24(32)22(6-2)29(14-17-9-7-8-10-19(17)25)23(31)15-30(35(4,33)34)18-11-12-20(26)21(27)13-18/h7-13,16,22H,5-6,14-15H2,1-4H3,(H,28,32)/t16-,22-/m1/s1. The highest BCUT2D eigenvalue weighted by Gasteiger charge is 2.32. The number of carbonyl (C=O) groups is 2. The lowest BCUT2D eigenvalue weighted by molar-refractivity contribution is -0.140. The first-order valence-corrected chi connectivity index (χ1v) is 14.1. The van der Waals surface area contributed by atoms with E-state index in [1.54, 1.807) is 31.2 Å². The van der Waals surface area contributed by atoms with E-state index in [0.717, 1.165) is 17.0 Å². The molecule has 1 N–H and O–H groups in total. The maximum absolute atomic E-state index is 13.6. The van der Waals surface area contributed by atoms with Crippen LogP contribution in [0.5, 0.6) is 0 Å². The van der Waals surface area contributed by atoms with Crippen molar-refractivity contribution in [3.05, 3.63) is 63.1 Å². The summed E-state index contributed by atoms with van der Waals surface area (Å²) in [6.07, 6.45) is 2.04. The second kappa shape index (κ2) is 12.8. The number of carbonyl (C=O) groups excluding carboxylic acids is 2. The summed E-state index contributed by atoms with van der Waals surface area (Å²) in [5.41, 5.74) is 0.822. The molecule has 35 heavy (non-hydrogen) atoms. The fourth-order valence-electron chi connectivity index (χ4n) is 3.42. The molecule has 0 saturated heterocycles. The fourth-order valence-corrected chi connectivity index (χ4v) is 4.75. The number of hydrogen-bond donors (Lipinski definition) is 1. The molecule has 0 unspecified atom stereocenters. The van der Waals surface area contributed by atoms with Crippen molar-refractivity contribution in [2.45, 2.75) is 52.2 Å². The summed E-state index contributed by atoms with van der Waals surface area (Å²) >= 11 is 18.4. The monoisotopic (exact) mass is 561 g/mol. The number of rotatable bonds is 11. The first-order chi connectivity index (χ1) is 16.4. The highest BCUT2D eigenvalue weighted by Crippen LogP contribution is 2.29. The van der Waals surface area contributed by atoms with E-state index >= 15 is 0 Å². The average Bonchev–Trinajstić information content (AvgIpc) is 2.79. The zero-order valence-corrected chi connectivity index (χ0v) is 23.2. The van der Waals surface area contributed by atoms with Crippen LogP contribution in [0.2, 0.25) is 15.1 Å². The Morgan fingerprint density at radius 2 is 1.63 bits per heavy atom. The quantitative estimate of drug-likeness (QED) is 0.411. The molecule has 2 amide bonds. The highest BCUT2D eigenvalue weighted by molar-refractivity contribution is 7.92. The molecule has 7 nitrogen and oxygen atoms in total. The van der Waals surface area contributed by atoms with E-state index in [1.807, 2.05) is 13.8 Å². The van der Waals surface area contributed by atoms with Crippen molar-refractivity contribution in [1.29, 1.82) is 0 Å². The van der Waals surface area contributed by atoms with Crippen LogP contribution < -0.4 is 9.62 Å². The molecule has 2 aromatic rings. The SMILES string of the molecule is CC[C@@H](C)NC(=O)[C@@H](CC)N(Cc1ccccc1Cl)C(=O)CN(c1ccc(Cl)c(Cl)c1)S(C)(=O)=O. The van der Waals surface area contributed by atoms with Gasteiger partial charge in [-0.05, 0) is 49.6 Å². The topological polar surface area (TPSA) is 86.8 Å².